The summed E-state index contributed by atoms with van der Waals surface area (Å²) in [5.41, 5.74) is 1.19. The zero-order valence-corrected chi connectivity index (χ0v) is 14.2. The van der Waals surface area contributed by atoms with Crippen molar-refractivity contribution in [3.05, 3.63) is 52.8 Å². The molecule has 2 aromatic rings. The van der Waals surface area contributed by atoms with Crippen molar-refractivity contribution in [2.75, 3.05) is 11.9 Å². The van der Waals surface area contributed by atoms with Crippen LogP contribution in [0.4, 0.5) is 5.69 Å². The molecule has 0 radical (unpaired) electrons. The monoisotopic (exact) mass is 379 g/mol. The van der Waals surface area contributed by atoms with Gasteiger partial charge in [-0.3, -0.25) is 15.1 Å². The van der Waals surface area contributed by atoms with Gasteiger partial charge in [-0.1, -0.05) is 0 Å². The molecule has 0 spiro atoms. The van der Waals surface area contributed by atoms with Crippen LogP contribution in [0.5, 0.6) is 5.75 Å². The minimum atomic E-state index is -0.301. The van der Waals surface area contributed by atoms with Crippen molar-refractivity contribution in [1.29, 1.82) is 0 Å². The maximum Gasteiger partial charge on any atom is 0.257 e. The molecule has 1 amide bonds. The minimum Gasteiger partial charge on any atom is -0.493 e. The van der Waals surface area contributed by atoms with E-state index in [0.29, 0.717) is 28.1 Å². The maximum absolute atomic E-state index is 12.2. The predicted molar refractivity (Wildman–Crippen MR) is 93.2 cm³/mol. The van der Waals surface area contributed by atoms with Crippen molar-refractivity contribution in [2.45, 2.75) is 6.92 Å². The lowest BCUT2D eigenvalue weighted by atomic mass is 10.2. The molecule has 1 aromatic carbocycles. The van der Waals surface area contributed by atoms with Gasteiger partial charge in [-0.05, 0) is 65.4 Å². The lowest BCUT2D eigenvalue weighted by Crippen LogP contribution is -2.34. The molecule has 5 nitrogen and oxygen atoms in total. The Balaban J connectivity index is 2.00. The van der Waals surface area contributed by atoms with E-state index >= 15 is 0 Å². The van der Waals surface area contributed by atoms with Gasteiger partial charge in [0.25, 0.3) is 5.91 Å². The third-order valence-electron chi connectivity index (χ3n) is 2.64. The van der Waals surface area contributed by atoms with E-state index in [-0.39, 0.29) is 11.0 Å². The van der Waals surface area contributed by atoms with Crippen molar-refractivity contribution in [2.24, 2.45) is 0 Å². The summed E-state index contributed by atoms with van der Waals surface area (Å²) in [5.74, 6) is 0.389. The number of hydrogen-bond donors (Lipinski definition) is 2. The topological polar surface area (TPSA) is 63.2 Å². The van der Waals surface area contributed by atoms with Gasteiger partial charge < -0.3 is 10.1 Å². The van der Waals surface area contributed by atoms with Crippen LogP contribution >= 0.6 is 28.1 Å². The van der Waals surface area contributed by atoms with E-state index in [2.05, 4.69) is 31.5 Å². The number of thiocarbonyl (C=S) groups is 1. The smallest absolute Gasteiger partial charge is 0.257 e. The Morgan fingerprint density at radius 2 is 2.23 bits per heavy atom. The SMILES string of the molecule is CCOc1ccc(C(=O)NC(=S)Nc2cccnc2)cc1Br. The number of nitrogens with zero attached hydrogens (tertiary/aromatic N) is 1. The first-order valence-electron chi connectivity index (χ1n) is 6.55. The zero-order valence-electron chi connectivity index (χ0n) is 11.8. The molecule has 114 valence electrons. The molecule has 0 bridgehead atoms. The van der Waals surface area contributed by atoms with Gasteiger partial charge >= 0.3 is 0 Å². The van der Waals surface area contributed by atoms with E-state index in [9.17, 15) is 4.79 Å². The van der Waals surface area contributed by atoms with Crippen molar-refractivity contribution in [1.82, 2.24) is 10.3 Å². The number of anilines is 1. The van der Waals surface area contributed by atoms with Gasteiger partial charge in [-0.2, -0.15) is 0 Å². The molecule has 0 atom stereocenters. The van der Waals surface area contributed by atoms with Crippen molar-refractivity contribution < 1.29 is 9.53 Å². The highest BCUT2D eigenvalue weighted by Crippen LogP contribution is 2.25. The number of aromatic nitrogens is 1. The molecule has 22 heavy (non-hydrogen) atoms. The van der Waals surface area contributed by atoms with Crippen LogP contribution in [0.2, 0.25) is 0 Å². The van der Waals surface area contributed by atoms with Crippen LogP contribution in [-0.4, -0.2) is 22.6 Å². The molecule has 0 fully saturated rings. The first kappa shape index (κ1) is 16.4. The second kappa shape index (κ2) is 7.86. The number of pyridine rings is 1. The number of benzene rings is 1. The summed E-state index contributed by atoms with van der Waals surface area (Å²) in [6, 6.07) is 8.68. The molecular weight excluding hydrogens is 366 g/mol. The van der Waals surface area contributed by atoms with Gasteiger partial charge in [0.15, 0.2) is 5.11 Å². The molecule has 0 aliphatic carbocycles. The molecule has 0 unspecified atom stereocenters. The first-order valence-corrected chi connectivity index (χ1v) is 7.75. The fourth-order valence-electron chi connectivity index (χ4n) is 1.69. The van der Waals surface area contributed by atoms with Gasteiger partial charge in [-0.15, -0.1) is 0 Å². The first-order chi connectivity index (χ1) is 10.6. The summed E-state index contributed by atoms with van der Waals surface area (Å²) in [5, 5.41) is 5.72. The third-order valence-corrected chi connectivity index (χ3v) is 3.46. The molecule has 1 aromatic heterocycles. The second-order valence-electron chi connectivity index (χ2n) is 4.23. The Hall–Kier alpha value is -1.99. The standard InChI is InChI=1S/C15H14BrN3O2S/c1-2-21-13-6-5-10(8-12(13)16)14(20)19-15(22)18-11-4-3-7-17-9-11/h3-9H,2H2,1H3,(H2,18,19,20,22). The number of halogens is 1. The van der Waals surface area contributed by atoms with Crippen LogP contribution in [0.3, 0.4) is 0 Å². The van der Waals surface area contributed by atoms with Crippen LogP contribution in [0.25, 0.3) is 0 Å². The molecule has 0 aliphatic rings. The van der Waals surface area contributed by atoms with Gasteiger partial charge in [0, 0.05) is 11.8 Å². The Bertz CT molecular complexity index is 680. The van der Waals surface area contributed by atoms with E-state index in [0.717, 1.165) is 0 Å². The van der Waals surface area contributed by atoms with Crippen LogP contribution in [0, 0.1) is 0 Å². The van der Waals surface area contributed by atoms with Crippen molar-refractivity contribution in [3.63, 3.8) is 0 Å². The fraction of sp³-hybridized carbons (Fsp3) is 0.133. The van der Waals surface area contributed by atoms with Crippen molar-refractivity contribution in [3.8, 4) is 5.75 Å². The quantitative estimate of drug-likeness (QED) is 0.797. The third kappa shape index (κ3) is 4.51. The lowest BCUT2D eigenvalue weighted by Gasteiger charge is -2.10. The summed E-state index contributed by atoms with van der Waals surface area (Å²) in [4.78, 5) is 16.1. The maximum atomic E-state index is 12.2. The molecule has 0 aliphatic heterocycles. The highest BCUT2D eigenvalue weighted by molar-refractivity contribution is 9.10. The molecule has 2 rings (SSSR count). The summed E-state index contributed by atoms with van der Waals surface area (Å²) in [7, 11) is 0. The Morgan fingerprint density at radius 3 is 2.86 bits per heavy atom. The normalized spacial score (nSPS) is 9.91. The number of hydrogen-bond acceptors (Lipinski definition) is 4. The Labute approximate surface area is 142 Å². The predicted octanol–water partition coefficient (Wildman–Crippen LogP) is 3.37. The molecule has 7 heteroatoms. The Kier molecular flexibility index (Phi) is 5.85. The summed E-state index contributed by atoms with van der Waals surface area (Å²) < 4.78 is 6.12. The molecule has 2 N–H and O–H groups in total. The average Bonchev–Trinajstić information content (AvgIpc) is 2.50. The molecule has 0 saturated carbocycles. The van der Waals surface area contributed by atoms with E-state index in [1.165, 1.54) is 0 Å². The van der Waals surface area contributed by atoms with Crippen LogP contribution < -0.4 is 15.4 Å². The van der Waals surface area contributed by atoms with E-state index in [4.69, 9.17) is 17.0 Å². The van der Waals surface area contributed by atoms with Crippen LogP contribution in [0.1, 0.15) is 17.3 Å². The molecule has 1 heterocycles. The number of nitrogens with one attached hydrogen (secondary N) is 2. The van der Waals surface area contributed by atoms with Gasteiger partial charge in [-0.25, -0.2) is 0 Å². The highest BCUT2D eigenvalue weighted by atomic mass is 79.9. The van der Waals surface area contributed by atoms with Crippen LogP contribution in [0.15, 0.2) is 47.2 Å². The largest absolute Gasteiger partial charge is 0.493 e. The van der Waals surface area contributed by atoms with Crippen molar-refractivity contribution >= 4 is 44.9 Å². The number of rotatable bonds is 4. The van der Waals surface area contributed by atoms with Gasteiger partial charge in [0.05, 0.1) is 23.0 Å². The average molecular weight is 380 g/mol. The van der Waals surface area contributed by atoms with Crippen LogP contribution in [-0.2, 0) is 0 Å². The summed E-state index contributed by atoms with van der Waals surface area (Å²) >= 11 is 8.48. The number of amides is 1. The van der Waals surface area contributed by atoms with E-state index < -0.39 is 0 Å². The van der Waals surface area contributed by atoms with Gasteiger partial charge in [0.2, 0.25) is 0 Å². The van der Waals surface area contributed by atoms with Gasteiger partial charge in [0.1, 0.15) is 5.75 Å². The van der Waals surface area contributed by atoms with E-state index in [1.807, 2.05) is 6.92 Å². The fourth-order valence-corrected chi connectivity index (χ4v) is 2.39. The number of carbonyl (C=O) groups excluding carboxylic acids is 1. The van der Waals surface area contributed by atoms with E-state index in [1.54, 1.807) is 42.7 Å². The highest BCUT2D eigenvalue weighted by Gasteiger charge is 2.10. The number of ether oxygens (including phenoxy) is 1. The Morgan fingerprint density at radius 1 is 1.41 bits per heavy atom. The summed E-state index contributed by atoms with van der Waals surface area (Å²) in [6.07, 6.45) is 3.27. The lowest BCUT2D eigenvalue weighted by molar-refractivity contribution is 0.0977. The second-order valence-corrected chi connectivity index (χ2v) is 5.49. The molecular formula is C15H14BrN3O2S. The summed E-state index contributed by atoms with van der Waals surface area (Å²) in [6.45, 7) is 2.46. The number of carbonyl (C=O) groups is 1. The molecule has 0 saturated heterocycles. The minimum absolute atomic E-state index is 0.211. The zero-order chi connectivity index (χ0) is 15.9.